The standard InChI is InChI=1S/C19H16ClN3O5/c1-3-28-18-16(20)8-12(9-17(18)27-2)7-13(11-21)19(24)22-14-5-4-6-15(10-14)23(25)26/h4-10H,3H2,1-2H3,(H,22,24)/b13-7+. The molecule has 0 saturated heterocycles. The molecular weight excluding hydrogens is 386 g/mol. The number of hydrogen-bond donors (Lipinski definition) is 1. The lowest BCUT2D eigenvalue weighted by Crippen LogP contribution is -2.13. The molecule has 0 unspecified atom stereocenters. The van der Waals surface area contributed by atoms with Gasteiger partial charge in [0.1, 0.15) is 11.6 Å². The van der Waals surface area contributed by atoms with Crippen LogP contribution in [-0.2, 0) is 4.79 Å². The van der Waals surface area contributed by atoms with Crippen LogP contribution in [0.2, 0.25) is 5.02 Å². The van der Waals surface area contributed by atoms with Gasteiger partial charge in [-0.2, -0.15) is 5.26 Å². The molecule has 0 aliphatic carbocycles. The molecule has 0 bridgehead atoms. The number of nitrogens with zero attached hydrogens (tertiary/aromatic N) is 2. The van der Waals surface area contributed by atoms with Crippen LogP contribution < -0.4 is 14.8 Å². The van der Waals surface area contributed by atoms with E-state index in [1.807, 2.05) is 0 Å². The molecule has 2 rings (SSSR count). The number of anilines is 1. The monoisotopic (exact) mass is 401 g/mol. The summed E-state index contributed by atoms with van der Waals surface area (Å²) >= 11 is 6.19. The van der Waals surface area contributed by atoms with Gasteiger partial charge in [0.2, 0.25) is 0 Å². The molecule has 0 saturated carbocycles. The zero-order chi connectivity index (χ0) is 20.7. The number of ether oxygens (including phenoxy) is 2. The lowest BCUT2D eigenvalue weighted by Gasteiger charge is -2.12. The van der Waals surface area contributed by atoms with E-state index in [0.717, 1.165) is 0 Å². The number of non-ortho nitro benzene ring substituents is 1. The van der Waals surface area contributed by atoms with Crippen LogP contribution in [0.15, 0.2) is 42.0 Å². The van der Waals surface area contributed by atoms with Crippen LogP contribution in [0.4, 0.5) is 11.4 Å². The highest BCUT2D eigenvalue weighted by atomic mass is 35.5. The second kappa shape index (κ2) is 9.39. The van der Waals surface area contributed by atoms with Crippen molar-refractivity contribution in [1.29, 1.82) is 5.26 Å². The van der Waals surface area contributed by atoms with Crippen LogP contribution >= 0.6 is 11.6 Å². The van der Waals surface area contributed by atoms with Crippen molar-refractivity contribution in [2.24, 2.45) is 0 Å². The molecule has 2 aromatic rings. The van der Waals surface area contributed by atoms with E-state index in [2.05, 4.69) is 5.32 Å². The molecule has 0 aliphatic heterocycles. The van der Waals surface area contributed by atoms with Crippen LogP contribution in [0, 0.1) is 21.4 Å². The molecule has 0 aromatic heterocycles. The van der Waals surface area contributed by atoms with Gasteiger partial charge in [0.05, 0.1) is 23.7 Å². The summed E-state index contributed by atoms with van der Waals surface area (Å²) in [4.78, 5) is 22.6. The smallest absolute Gasteiger partial charge is 0.271 e. The highest BCUT2D eigenvalue weighted by molar-refractivity contribution is 6.32. The number of amides is 1. The summed E-state index contributed by atoms with van der Waals surface area (Å²) in [6.45, 7) is 2.19. The highest BCUT2D eigenvalue weighted by Crippen LogP contribution is 2.37. The largest absolute Gasteiger partial charge is 0.493 e. The second-order valence-electron chi connectivity index (χ2n) is 5.40. The number of benzene rings is 2. The molecule has 8 nitrogen and oxygen atoms in total. The topological polar surface area (TPSA) is 114 Å². The summed E-state index contributed by atoms with van der Waals surface area (Å²) in [6.07, 6.45) is 1.33. The maximum absolute atomic E-state index is 12.4. The van der Waals surface area contributed by atoms with E-state index in [4.69, 9.17) is 21.1 Å². The number of nitro benzene ring substituents is 1. The molecule has 144 valence electrons. The van der Waals surface area contributed by atoms with E-state index in [9.17, 15) is 20.2 Å². The molecule has 0 spiro atoms. The lowest BCUT2D eigenvalue weighted by atomic mass is 10.1. The fraction of sp³-hybridized carbons (Fsp3) is 0.158. The predicted molar refractivity (Wildman–Crippen MR) is 104 cm³/mol. The number of carbonyl (C=O) groups is 1. The summed E-state index contributed by atoms with van der Waals surface area (Å²) in [6, 6.07) is 10.3. The van der Waals surface area contributed by atoms with Gasteiger partial charge in [-0.1, -0.05) is 17.7 Å². The fourth-order valence-corrected chi connectivity index (χ4v) is 2.59. The summed E-state index contributed by atoms with van der Waals surface area (Å²) < 4.78 is 10.7. The lowest BCUT2D eigenvalue weighted by molar-refractivity contribution is -0.384. The van der Waals surface area contributed by atoms with Crippen molar-refractivity contribution in [2.45, 2.75) is 6.92 Å². The van der Waals surface area contributed by atoms with Gasteiger partial charge in [-0.15, -0.1) is 0 Å². The first kappa shape index (κ1) is 20.7. The molecule has 0 atom stereocenters. The predicted octanol–water partition coefficient (Wildman–Crippen LogP) is 4.20. The van der Waals surface area contributed by atoms with Crippen molar-refractivity contribution in [1.82, 2.24) is 0 Å². The number of nitrogens with one attached hydrogen (secondary N) is 1. The second-order valence-corrected chi connectivity index (χ2v) is 5.81. The van der Waals surface area contributed by atoms with E-state index >= 15 is 0 Å². The average molecular weight is 402 g/mol. The number of nitriles is 1. The van der Waals surface area contributed by atoms with Crippen LogP contribution in [-0.4, -0.2) is 24.5 Å². The highest BCUT2D eigenvalue weighted by Gasteiger charge is 2.15. The van der Waals surface area contributed by atoms with Gasteiger partial charge >= 0.3 is 0 Å². The molecule has 0 heterocycles. The van der Waals surface area contributed by atoms with Crippen LogP contribution in [0.25, 0.3) is 6.08 Å². The summed E-state index contributed by atoms with van der Waals surface area (Å²) in [5, 5.41) is 22.9. The molecule has 1 amide bonds. The van der Waals surface area contributed by atoms with Crippen molar-refractivity contribution < 1.29 is 19.2 Å². The summed E-state index contributed by atoms with van der Waals surface area (Å²) in [5.74, 6) is 0.00678. The Bertz CT molecular complexity index is 982. The van der Waals surface area contributed by atoms with E-state index in [1.165, 1.54) is 43.5 Å². The number of nitro groups is 1. The molecule has 0 radical (unpaired) electrons. The number of hydrogen-bond acceptors (Lipinski definition) is 6. The van der Waals surface area contributed by atoms with Crippen molar-refractivity contribution >= 4 is 35.0 Å². The van der Waals surface area contributed by atoms with Gasteiger partial charge in [-0.3, -0.25) is 14.9 Å². The normalized spacial score (nSPS) is 10.7. The van der Waals surface area contributed by atoms with Crippen LogP contribution in [0.5, 0.6) is 11.5 Å². The van der Waals surface area contributed by atoms with Gasteiger partial charge in [-0.25, -0.2) is 0 Å². The van der Waals surface area contributed by atoms with Crippen molar-refractivity contribution in [2.75, 3.05) is 19.0 Å². The summed E-state index contributed by atoms with van der Waals surface area (Å²) in [7, 11) is 1.45. The Morgan fingerprint density at radius 1 is 1.39 bits per heavy atom. The van der Waals surface area contributed by atoms with Gasteiger partial charge < -0.3 is 14.8 Å². The number of carbonyl (C=O) groups excluding carboxylic acids is 1. The molecule has 0 aliphatic rings. The van der Waals surface area contributed by atoms with Crippen LogP contribution in [0.1, 0.15) is 12.5 Å². The van der Waals surface area contributed by atoms with E-state index in [0.29, 0.717) is 23.7 Å². The van der Waals surface area contributed by atoms with E-state index in [1.54, 1.807) is 19.1 Å². The molecule has 9 heteroatoms. The average Bonchev–Trinajstić information content (AvgIpc) is 2.67. The molecule has 28 heavy (non-hydrogen) atoms. The fourth-order valence-electron chi connectivity index (χ4n) is 2.32. The number of rotatable bonds is 7. The first-order chi connectivity index (χ1) is 13.4. The minimum atomic E-state index is -0.716. The third kappa shape index (κ3) is 4.99. The van der Waals surface area contributed by atoms with Gasteiger partial charge in [0.25, 0.3) is 11.6 Å². The SMILES string of the molecule is CCOc1c(Cl)cc(/C=C(\C#N)C(=O)Nc2cccc([N+](=O)[O-])c2)cc1OC. The Morgan fingerprint density at radius 3 is 2.75 bits per heavy atom. The zero-order valence-corrected chi connectivity index (χ0v) is 15.8. The van der Waals surface area contributed by atoms with Gasteiger partial charge in [-0.05, 0) is 36.8 Å². The van der Waals surface area contributed by atoms with Crippen molar-refractivity contribution in [3.63, 3.8) is 0 Å². The minimum Gasteiger partial charge on any atom is -0.493 e. The number of methoxy groups -OCH3 is 1. The Labute approximate surface area is 166 Å². The van der Waals surface area contributed by atoms with Crippen molar-refractivity contribution in [3.05, 3.63) is 62.7 Å². The van der Waals surface area contributed by atoms with Crippen LogP contribution in [0.3, 0.4) is 0 Å². The first-order valence-electron chi connectivity index (χ1n) is 8.07. The van der Waals surface area contributed by atoms with Gasteiger partial charge in [0, 0.05) is 17.8 Å². The zero-order valence-electron chi connectivity index (χ0n) is 15.1. The van der Waals surface area contributed by atoms with E-state index < -0.39 is 10.8 Å². The maximum Gasteiger partial charge on any atom is 0.271 e. The first-order valence-corrected chi connectivity index (χ1v) is 8.45. The van der Waals surface area contributed by atoms with Crippen molar-refractivity contribution in [3.8, 4) is 17.6 Å². The summed E-state index contributed by atoms with van der Waals surface area (Å²) in [5.41, 5.74) is 0.260. The third-order valence-electron chi connectivity index (χ3n) is 3.53. The Morgan fingerprint density at radius 2 is 2.14 bits per heavy atom. The molecule has 2 aromatic carbocycles. The van der Waals surface area contributed by atoms with E-state index in [-0.39, 0.29) is 22.0 Å². The Balaban J connectivity index is 2.32. The number of halogens is 1. The Kier molecular flexibility index (Phi) is 6.96. The molecular formula is C19H16ClN3O5. The van der Waals surface area contributed by atoms with Gasteiger partial charge in [0.15, 0.2) is 11.5 Å². The maximum atomic E-state index is 12.4. The minimum absolute atomic E-state index is 0.177. The molecule has 0 fully saturated rings. The Hall–Kier alpha value is -3.57. The molecule has 1 N–H and O–H groups in total. The quantitative estimate of drug-likeness (QED) is 0.322. The third-order valence-corrected chi connectivity index (χ3v) is 3.81.